The molecule has 0 spiro atoms. The molecule has 8 nitrogen and oxygen atoms in total. The van der Waals surface area contributed by atoms with E-state index in [1.807, 2.05) is 0 Å². The maximum atomic E-state index is 12.6. The average Bonchev–Trinajstić information content (AvgIpc) is 2.89. The van der Waals surface area contributed by atoms with E-state index in [1.165, 1.54) is 18.2 Å². The van der Waals surface area contributed by atoms with Crippen LogP contribution in [0, 0.1) is 10.1 Å². The number of allylic oxidation sites excluding steroid dienone is 2. The maximum Gasteiger partial charge on any atom is 0.288 e. The molecule has 1 aromatic carbocycles. The predicted octanol–water partition coefficient (Wildman–Crippen LogP) is 1.82. The number of Topliss-reactive ketones (excluding diaryl/α,β-unsaturated/α-hetero) is 1. The van der Waals surface area contributed by atoms with Crippen molar-refractivity contribution >= 4 is 32.9 Å². The highest BCUT2D eigenvalue weighted by Crippen LogP contribution is 2.46. The van der Waals surface area contributed by atoms with E-state index in [0.717, 1.165) is 0 Å². The van der Waals surface area contributed by atoms with Crippen LogP contribution in [0.25, 0.3) is 0 Å². The minimum atomic E-state index is -3.57. The lowest BCUT2D eigenvalue weighted by Gasteiger charge is -2.32. The van der Waals surface area contributed by atoms with E-state index in [1.54, 1.807) is 0 Å². The van der Waals surface area contributed by atoms with Gasteiger partial charge < -0.3 is 10.1 Å². The van der Waals surface area contributed by atoms with Crippen LogP contribution in [0.15, 0.2) is 40.1 Å². The number of nitro groups is 1. The lowest BCUT2D eigenvalue weighted by atomic mass is 9.83. The molecule has 136 valence electrons. The Labute approximate surface area is 153 Å². The van der Waals surface area contributed by atoms with Crippen LogP contribution in [0.1, 0.15) is 17.9 Å². The first-order valence-electron chi connectivity index (χ1n) is 7.80. The molecule has 26 heavy (non-hydrogen) atoms. The number of benzene rings is 1. The molecule has 0 amide bonds. The second kappa shape index (κ2) is 5.90. The summed E-state index contributed by atoms with van der Waals surface area (Å²) in [5.74, 6) is -1.29. The molecule has 1 aromatic rings. The van der Waals surface area contributed by atoms with E-state index in [4.69, 9.17) is 16.3 Å². The number of hydrogen-bond acceptors (Lipinski definition) is 7. The van der Waals surface area contributed by atoms with Crippen LogP contribution in [0.5, 0.6) is 0 Å². The van der Waals surface area contributed by atoms with Gasteiger partial charge in [-0.2, -0.15) is 0 Å². The van der Waals surface area contributed by atoms with Crippen molar-refractivity contribution in [1.29, 1.82) is 0 Å². The molecule has 0 aliphatic carbocycles. The highest BCUT2D eigenvalue weighted by molar-refractivity contribution is 7.95. The average molecular weight is 397 g/mol. The van der Waals surface area contributed by atoms with Crippen molar-refractivity contribution in [3.63, 3.8) is 0 Å². The first-order valence-corrected chi connectivity index (χ1v) is 9.83. The molecule has 0 bridgehead atoms. The predicted molar refractivity (Wildman–Crippen MR) is 92.3 cm³/mol. The van der Waals surface area contributed by atoms with Gasteiger partial charge in [0.15, 0.2) is 15.6 Å². The Hall–Kier alpha value is -2.23. The van der Waals surface area contributed by atoms with Gasteiger partial charge in [0.25, 0.3) is 5.69 Å². The smallest absolute Gasteiger partial charge is 0.288 e. The van der Waals surface area contributed by atoms with Gasteiger partial charge in [-0.15, -0.1) is 0 Å². The number of rotatable bonds is 2. The van der Waals surface area contributed by atoms with E-state index in [0.29, 0.717) is 23.4 Å². The second-order valence-electron chi connectivity index (χ2n) is 6.25. The van der Waals surface area contributed by atoms with Crippen molar-refractivity contribution in [3.8, 4) is 0 Å². The number of ketones is 1. The first-order chi connectivity index (χ1) is 12.3. The van der Waals surface area contributed by atoms with Crippen LogP contribution in [-0.2, 0) is 19.4 Å². The molecule has 0 unspecified atom stereocenters. The van der Waals surface area contributed by atoms with Gasteiger partial charge in [-0.25, -0.2) is 8.42 Å². The number of nitrogens with zero attached hydrogens (tertiary/aromatic N) is 1. The molecule has 1 atom stereocenters. The quantitative estimate of drug-likeness (QED) is 0.598. The van der Waals surface area contributed by atoms with Crippen LogP contribution in [-0.4, -0.2) is 38.1 Å². The maximum absolute atomic E-state index is 12.6. The third-order valence-electron chi connectivity index (χ3n) is 4.71. The number of nitro benzene ring substituents is 1. The van der Waals surface area contributed by atoms with E-state index in [2.05, 4.69) is 5.32 Å². The molecule has 0 aromatic heterocycles. The number of halogens is 1. The van der Waals surface area contributed by atoms with Crippen molar-refractivity contribution in [1.82, 2.24) is 5.32 Å². The zero-order valence-electron chi connectivity index (χ0n) is 13.3. The lowest BCUT2D eigenvalue weighted by molar-refractivity contribution is -0.384. The summed E-state index contributed by atoms with van der Waals surface area (Å²) in [6, 6.07) is 4.12. The first kappa shape index (κ1) is 17.2. The van der Waals surface area contributed by atoms with Gasteiger partial charge >= 0.3 is 0 Å². The Bertz CT molecular complexity index is 1030. The fourth-order valence-corrected chi connectivity index (χ4v) is 5.64. The summed E-state index contributed by atoms with van der Waals surface area (Å²) in [6.45, 7) is -0.000554. The van der Waals surface area contributed by atoms with Gasteiger partial charge in [0.1, 0.15) is 11.6 Å². The van der Waals surface area contributed by atoms with Gasteiger partial charge in [0.05, 0.1) is 28.1 Å². The molecule has 1 N–H and O–H groups in total. The number of ether oxygens (including phenoxy) is 1. The molecule has 3 aliphatic rings. The van der Waals surface area contributed by atoms with Gasteiger partial charge in [0, 0.05) is 29.5 Å². The fraction of sp³-hybridized carbons (Fsp3) is 0.312. The lowest BCUT2D eigenvalue weighted by Crippen LogP contribution is -2.36. The van der Waals surface area contributed by atoms with Gasteiger partial charge in [-0.3, -0.25) is 14.9 Å². The Morgan fingerprint density at radius 1 is 1.27 bits per heavy atom. The molecule has 4 rings (SSSR count). The molecule has 3 aliphatic heterocycles. The second-order valence-corrected chi connectivity index (χ2v) is 8.73. The third kappa shape index (κ3) is 2.54. The molecule has 3 heterocycles. The number of carbonyl (C=O) groups excluding carboxylic acids is 1. The van der Waals surface area contributed by atoms with Crippen molar-refractivity contribution in [2.45, 2.75) is 12.3 Å². The molecule has 0 saturated carbocycles. The van der Waals surface area contributed by atoms with Crippen LogP contribution < -0.4 is 5.32 Å². The molecular weight excluding hydrogens is 384 g/mol. The van der Waals surface area contributed by atoms with Crippen LogP contribution in [0.3, 0.4) is 0 Å². The van der Waals surface area contributed by atoms with Gasteiger partial charge in [0.2, 0.25) is 0 Å². The van der Waals surface area contributed by atoms with E-state index in [-0.39, 0.29) is 45.9 Å². The standard InChI is InChI=1S/C16H13ClN2O6S/c17-9-2-1-8(5-12(9)19(21)22)14-15-11(6-25-7-13(15)20)18-10-3-4-26(23,24)16(10)14/h1-2,5,14,18H,3-4,6-7H2/t14-/m1/s1. The normalized spacial score (nSPS) is 24.2. The molecule has 0 fully saturated rings. The summed E-state index contributed by atoms with van der Waals surface area (Å²) in [5, 5.41) is 14.2. The summed E-state index contributed by atoms with van der Waals surface area (Å²) in [5.41, 5.74) is 1.34. The third-order valence-corrected chi connectivity index (χ3v) is 6.92. The Balaban J connectivity index is 1.96. The Kier molecular flexibility index (Phi) is 3.90. The van der Waals surface area contributed by atoms with Gasteiger partial charge in [-0.1, -0.05) is 17.7 Å². The summed E-state index contributed by atoms with van der Waals surface area (Å²) >= 11 is 5.88. The van der Waals surface area contributed by atoms with E-state index >= 15 is 0 Å². The van der Waals surface area contributed by atoms with E-state index in [9.17, 15) is 23.3 Å². The van der Waals surface area contributed by atoms with Crippen molar-refractivity contribution in [2.75, 3.05) is 19.0 Å². The zero-order chi connectivity index (χ0) is 18.6. The zero-order valence-corrected chi connectivity index (χ0v) is 14.9. The number of sulfone groups is 1. The van der Waals surface area contributed by atoms with Crippen LogP contribution >= 0.6 is 11.6 Å². The highest BCUT2D eigenvalue weighted by atomic mass is 35.5. The summed E-state index contributed by atoms with van der Waals surface area (Å²) in [4.78, 5) is 23.2. The Morgan fingerprint density at radius 3 is 2.77 bits per heavy atom. The minimum absolute atomic E-state index is 0.0522. The summed E-state index contributed by atoms with van der Waals surface area (Å²) in [7, 11) is -3.57. The minimum Gasteiger partial charge on any atom is -0.367 e. The molecule has 10 heteroatoms. The largest absolute Gasteiger partial charge is 0.367 e. The molecule has 0 saturated heterocycles. The van der Waals surface area contributed by atoms with Crippen LogP contribution in [0.4, 0.5) is 5.69 Å². The topological polar surface area (TPSA) is 116 Å². The molecule has 0 radical (unpaired) electrons. The monoisotopic (exact) mass is 396 g/mol. The van der Waals surface area contributed by atoms with Crippen LogP contribution in [0.2, 0.25) is 5.02 Å². The number of dihydropyridines is 1. The van der Waals surface area contributed by atoms with Gasteiger partial charge in [-0.05, 0) is 11.6 Å². The number of carbonyl (C=O) groups is 1. The van der Waals surface area contributed by atoms with E-state index < -0.39 is 20.7 Å². The summed E-state index contributed by atoms with van der Waals surface area (Å²) < 4.78 is 30.5. The molecular formula is C16H13ClN2O6S. The Morgan fingerprint density at radius 2 is 2.04 bits per heavy atom. The SMILES string of the molecule is O=C1COCC2=C1[C@@H](c1ccc(Cl)c([N+](=O)[O-])c1)C1=C(CCS1(=O)=O)N2. The fourth-order valence-electron chi connectivity index (χ4n) is 3.62. The number of nitrogens with one attached hydrogen (secondary N) is 1. The van der Waals surface area contributed by atoms with Crippen molar-refractivity contribution in [3.05, 3.63) is 60.8 Å². The van der Waals surface area contributed by atoms with Crippen molar-refractivity contribution in [2.24, 2.45) is 0 Å². The highest BCUT2D eigenvalue weighted by Gasteiger charge is 2.45. The number of hydrogen-bond donors (Lipinski definition) is 1. The summed E-state index contributed by atoms with van der Waals surface area (Å²) in [6.07, 6.45) is 0.300. The van der Waals surface area contributed by atoms with Crippen molar-refractivity contribution < 1.29 is 22.9 Å².